The van der Waals surface area contributed by atoms with E-state index in [0.717, 1.165) is 24.3 Å². The van der Waals surface area contributed by atoms with Gasteiger partial charge in [-0.1, -0.05) is 42.5 Å². The minimum atomic E-state index is -4.11. The van der Waals surface area contributed by atoms with Crippen molar-refractivity contribution in [2.24, 2.45) is 0 Å². The molecule has 0 fully saturated rings. The van der Waals surface area contributed by atoms with Crippen molar-refractivity contribution in [3.05, 3.63) is 102 Å². The van der Waals surface area contributed by atoms with Crippen LogP contribution in [-0.4, -0.2) is 19.3 Å². The van der Waals surface area contributed by atoms with Gasteiger partial charge in [0.1, 0.15) is 11.6 Å². The molecule has 28 heavy (non-hydrogen) atoms. The number of ketones is 1. The van der Waals surface area contributed by atoms with E-state index in [1.807, 2.05) is 0 Å². The Hall–Kier alpha value is -3.45. The quantitative estimate of drug-likeness (QED) is 0.490. The molecular formula is C21H16FNO4S. The molecule has 0 atom stereocenters. The summed E-state index contributed by atoms with van der Waals surface area (Å²) < 4.78 is 40.7. The van der Waals surface area contributed by atoms with Gasteiger partial charge in [-0.2, -0.15) is 0 Å². The number of phenols is 1. The Bertz CT molecular complexity index is 1110. The van der Waals surface area contributed by atoms with Crippen LogP contribution in [0.15, 0.2) is 89.5 Å². The number of Topliss-reactive ketones (excluding diaryl/α,β-unsaturated/α-hetero) is 1. The standard InChI is InChI=1S/C21H16FNO4S/c22-17-8-12-19(13-9-17)28(26,27)23-20(14-15-6-10-18(24)11-7-15)21(25)16-4-2-1-3-5-16/h1-14,23-24H. The number of carbonyl (C=O) groups is 1. The van der Waals surface area contributed by atoms with Gasteiger partial charge in [0.25, 0.3) is 10.0 Å². The number of benzene rings is 3. The molecule has 0 bridgehead atoms. The lowest BCUT2D eigenvalue weighted by Gasteiger charge is -2.12. The largest absolute Gasteiger partial charge is 0.508 e. The predicted molar refractivity (Wildman–Crippen MR) is 104 cm³/mol. The van der Waals surface area contributed by atoms with Gasteiger partial charge in [0.2, 0.25) is 5.78 Å². The number of phenolic OH excluding ortho intramolecular Hbond substituents is 1. The van der Waals surface area contributed by atoms with Crippen molar-refractivity contribution in [3.8, 4) is 5.75 Å². The lowest BCUT2D eigenvalue weighted by molar-refractivity contribution is 0.103. The fourth-order valence-corrected chi connectivity index (χ4v) is 3.49. The summed E-state index contributed by atoms with van der Waals surface area (Å²) in [6.07, 6.45) is 1.37. The van der Waals surface area contributed by atoms with Crippen molar-refractivity contribution < 1.29 is 22.7 Å². The zero-order chi connectivity index (χ0) is 20.1. The van der Waals surface area contributed by atoms with Gasteiger partial charge in [-0.15, -0.1) is 0 Å². The van der Waals surface area contributed by atoms with Crippen molar-refractivity contribution in [1.82, 2.24) is 4.72 Å². The second-order valence-electron chi connectivity index (χ2n) is 5.90. The van der Waals surface area contributed by atoms with Crippen LogP contribution >= 0.6 is 0 Å². The summed E-state index contributed by atoms with van der Waals surface area (Å²) in [5.74, 6) is -1.06. The Kier molecular flexibility index (Phi) is 5.56. The molecule has 7 heteroatoms. The van der Waals surface area contributed by atoms with E-state index in [9.17, 15) is 22.7 Å². The van der Waals surface area contributed by atoms with Crippen molar-refractivity contribution in [2.45, 2.75) is 4.90 Å². The third-order valence-electron chi connectivity index (χ3n) is 3.85. The van der Waals surface area contributed by atoms with Gasteiger partial charge in [-0.05, 0) is 48.0 Å². The van der Waals surface area contributed by atoms with Crippen molar-refractivity contribution >= 4 is 21.9 Å². The van der Waals surface area contributed by atoms with E-state index in [1.165, 1.54) is 18.2 Å². The first-order valence-corrected chi connectivity index (χ1v) is 9.72. The van der Waals surface area contributed by atoms with Crippen molar-refractivity contribution in [3.63, 3.8) is 0 Å². The molecule has 3 aromatic rings. The van der Waals surface area contributed by atoms with Crippen LogP contribution in [0.3, 0.4) is 0 Å². The highest BCUT2D eigenvalue weighted by Gasteiger charge is 2.21. The number of hydrogen-bond donors (Lipinski definition) is 2. The van der Waals surface area contributed by atoms with Gasteiger partial charge in [0.15, 0.2) is 0 Å². The molecule has 0 saturated carbocycles. The van der Waals surface area contributed by atoms with Crippen LogP contribution in [0.25, 0.3) is 6.08 Å². The highest BCUT2D eigenvalue weighted by atomic mass is 32.2. The fourth-order valence-electron chi connectivity index (χ4n) is 2.44. The van der Waals surface area contributed by atoms with Crippen LogP contribution < -0.4 is 4.72 Å². The van der Waals surface area contributed by atoms with E-state index < -0.39 is 21.6 Å². The smallest absolute Gasteiger partial charge is 0.262 e. The molecule has 0 spiro atoms. The number of aromatic hydroxyl groups is 1. The number of rotatable bonds is 6. The zero-order valence-electron chi connectivity index (χ0n) is 14.5. The summed E-state index contributed by atoms with van der Waals surface area (Å²) in [4.78, 5) is 12.7. The molecule has 0 aliphatic heterocycles. The molecule has 2 N–H and O–H groups in total. The number of halogens is 1. The Morgan fingerprint density at radius 3 is 2.11 bits per heavy atom. The normalized spacial score (nSPS) is 11.8. The highest BCUT2D eigenvalue weighted by molar-refractivity contribution is 7.89. The molecule has 0 amide bonds. The first-order chi connectivity index (χ1) is 13.3. The summed E-state index contributed by atoms with van der Waals surface area (Å²) in [5.41, 5.74) is 0.634. The second-order valence-corrected chi connectivity index (χ2v) is 7.59. The topological polar surface area (TPSA) is 83.5 Å². The van der Waals surface area contributed by atoms with E-state index >= 15 is 0 Å². The second kappa shape index (κ2) is 8.06. The van der Waals surface area contributed by atoms with E-state index in [0.29, 0.717) is 11.1 Å². The Morgan fingerprint density at radius 2 is 1.50 bits per heavy atom. The first kappa shape index (κ1) is 19.3. The molecule has 0 aliphatic rings. The average molecular weight is 397 g/mol. The Labute approximate surface area is 161 Å². The van der Waals surface area contributed by atoms with Gasteiger partial charge in [0, 0.05) is 5.56 Å². The van der Waals surface area contributed by atoms with E-state index in [4.69, 9.17) is 0 Å². The van der Waals surface area contributed by atoms with Gasteiger partial charge in [-0.25, -0.2) is 12.8 Å². The molecular weight excluding hydrogens is 381 g/mol. The molecule has 0 aliphatic carbocycles. The average Bonchev–Trinajstić information content (AvgIpc) is 2.69. The molecule has 0 unspecified atom stereocenters. The molecule has 142 valence electrons. The highest BCUT2D eigenvalue weighted by Crippen LogP contribution is 2.17. The fraction of sp³-hybridized carbons (Fsp3) is 0. The predicted octanol–water partition coefficient (Wildman–Crippen LogP) is 3.73. The van der Waals surface area contributed by atoms with Gasteiger partial charge < -0.3 is 5.11 Å². The maximum atomic E-state index is 13.1. The summed E-state index contributed by atoms with van der Waals surface area (Å²) in [7, 11) is -4.11. The molecule has 3 aromatic carbocycles. The van der Waals surface area contributed by atoms with Gasteiger partial charge in [0.05, 0.1) is 10.6 Å². The van der Waals surface area contributed by atoms with Crippen LogP contribution in [0, 0.1) is 5.82 Å². The summed E-state index contributed by atoms with van der Waals surface area (Å²) >= 11 is 0. The summed E-state index contributed by atoms with van der Waals surface area (Å²) in [6.45, 7) is 0. The third kappa shape index (κ3) is 4.63. The molecule has 0 saturated heterocycles. The van der Waals surface area contributed by atoms with Gasteiger partial charge in [-0.3, -0.25) is 9.52 Å². The Balaban J connectivity index is 2.01. The molecule has 0 heterocycles. The summed E-state index contributed by atoms with van der Waals surface area (Å²) in [6, 6.07) is 18.4. The number of sulfonamides is 1. The monoisotopic (exact) mass is 397 g/mol. The SMILES string of the molecule is O=C(C(=Cc1ccc(O)cc1)NS(=O)(=O)c1ccc(F)cc1)c1ccccc1. The maximum Gasteiger partial charge on any atom is 0.262 e. The van der Waals surface area contributed by atoms with Gasteiger partial charge >= 0.3 is 0 Å². The minimum absolute atomic E-state index is 0.0416. The lowest BCUT2D eigenvalue weighted by atomic mass is 10.1. The van der Waals surface area contributed by atoms with Crippen LogP contribution in [0.4, 0.5) is 4.39 Å². The van der Waals surface area contributed by atoms with Crippen LogP contribution in [0.1, 0.15) is 15.9 Å². The third-order valence-corrected chi connectivity index (χ3v) is 5.23. The first-order valence-electron chi connectivity index (χ1n) is 8.24. The molecule has 0 aromatic heterocycles. The number of allylic oxidation sites excluding steroid dienone is 1. The lowest BCUT2D eigenvalue weighted by Crippen LogP contribution is -2.27. The molecule has 0 radical (unpaired) electrons. The van der Waals surface area contributed by atoms with Crippen molar-refractivity contribution in [2.75, 3.05) is 0 Å². The maximum absolute atomic E-state index is 13.1. The van der Waals surface area contributed by atoms with Crippen molar-refractivity contribution in [1.29, 1.82) is 0 Å². The van der Waals surface area contributed by atoms with Crippen LogP contribution in [-0.2, 0) is 10.0 Å². The Morgan fingerprint density at radius 1 is 0.893 bits per heavy atom. The number of nitrogens with one attached hydrogen (secondary N) is 1. The number of hydrogen-bond acceptors (Lipinski definition) is 4. The molecule has 3 rings (SSSR count). The van der Waals surface area contributed by atoms with Crippen LogP contribution in [0.2, 0.25) is 0 Å². The van der Waals surface area contributed by atoms with E-state index in [2.05, 4.69) is 4.72 Å². The summed E-state index contributed by atoms with van der Waals surface area (Å²) in [5, 5.41) is 9.41. The molecule has 5 nitrogen and oxygen atoms in total. The van der Waals surface area contributed by atoms with Crippen LogP contribution in [0.5, 0.6) is 5.75 Å². The van der Waals surface area contributed by atoms with E-state index in [1.54, 1.807) is 42.5 Å². The number of carbonyl (C=O) groups excluding carboxylic acids is 1. The minimum Gasteiger partial charge on any atom is -0.508 e. The van der Waals surface area contributed by atoms with E-state index in [-0.39, 0.29) is 16.3 Å². The zero-order valence-corrected chi connectivity index (χ0v) is 15.4.